The molecule has 1 saturated carbocycles. The Morgan fingerprint density at radius 3 is 3.08 bits per heavy atom. The number of allylic oxidation sites excluding steroid dienone is 1. The zero-order valence-corrected chi connectivity index (χ0v) is 7.73. The summed E-state index contributed by atoms with van der Waals surface area (Å²) in [6, 6.07) is -0.0187. The number of hydrogen-bond acceptors (Lipinski definition) is 2. The minimum Gasteiger partial charge on any atom is -0.480 e. The molecule has 0 bridgehead atoms. The largest absolute Gasteiger partial charge is 0.480 e. The fourth-order valence-corrected chi connectivity index (χ4v) is 2.30. The molecule has 2 aliphatic rings. The first-order valence-corrected chi connectivity index (χ1v) is 4.84. The number of carbonyl (C=O) groups is 1. The Morgan fingerprint density at radius 1 is 1.69 bits per heavy atom. The van der Waals surface area contributed by atoms with Gasteiger partial charge < -0.3 is 10.4 Å². The van der Waals surface area contributed by atoms with Crippen molar-refractivity contribution in [3.8, 4) is 0 Å². The van der Waals surface area contributed by atoms with E-state index in [0.29, 0.717) is 12.0 Å². The molecule has 0 spiro atoms. The van der Waals surface area contributed by atoms with Crippen molar-refractivity contribution in [2.75, 3.05) is 0 Å². The smallest absolute Gasteiger partial charge is 0.320 e. The zero-order valence-electron chi connectivity index (χ0n) is 7.73. The number of carboxylic acid groups (broad SMARTS) is 1. The first-order valence-electron chi connectivity index (χ1n) is 4.84. The van der Waals surface area contributed by atoms with E-state index >= 15 is 0 Å². The number of hydrogen-bond donors (Lipinski definition) is 2. The Kier molecular flexibility index (Phi) is 2.12. The maximum Gasteiger partial charge on any atom is 0.320 e. The summed E-state index contributed by atoms with van der Waals surface area (Å²) in [7, 11) is 0. The van der Waals surface area contributed by atoms with Crippen molar-refractivity contribution in [1.82, 2.24) is 5.32 Å². The molecule has 0 amide bonds. The minimum absolute atomic E-state index is 0.398. The first-order chi connectivity index (χ1) is 6.18. The van der Waals surface area contributed by atoms with Crippen LogP contribution in [-0.2, 0) is 4.79 Å². The molecule has 13 heavy (non-hydrogen) atoms. The van der Waals surface area contributed by atoms with Crippen LogP contribution in [0.2, 0.25) is 0 Å². The van der Waals surface area contributed by atoms with Crippen LogP contribution in [0.25, 0.3) is 0 Å². The molecule has 2 aliphatic carbocycles. The molecular weight excluding hydrogens is 166 g/mol. The second kappa shape index (κ2) is 3.14. The molecule has 4 atom stereocenters. The van der Waals surface area contributed by atoms with Crippen LogP contribution in [0.1, 0.15) is 19.8 Å². The van der Waals surface area contributed by atoms with Crippen LogP contribution in [0.5, 0.6) is 0 Å². The lowest BCUT2D eigenvalue weighted by Crippen LogP contribution is -2.52. The van der Waals surface area contributed by atoms with Crippen LogP contribution in [0, 0.1) is 11.8 Å². The van der Waals surface area contributed by atoms with E-state index in [2.05, 4.69) is 17.5 Å². The molecule has 0 aromatic heterocycles. The summed E-state index contributed by atoms with van der Waals surface area (Å²) < 4.78 is 0. The van der Waals surface area contributed by atoms with Crippen molar-refractivity contribution in [1.29, 1.82) is 0 Å². The van der Waals surface area contributed by atoms with Gasteiger partial charge >= 0.3 is 5.97 Å². The summed E-state index contributed by atoms with van der Waals surface area (Å²) in [5.74, 6) is 0.630. The van der Waals surface area contributed by atoms with E-state index in [1.54, 1.807) is 6.92 Å². The van der Waals surface area contributed by atoms with E-state index in [1.807, 2.05) is 0 Å². The Morgan fingerprint density at radius 2 is 2.46 bits per heavy atom. The van der Waals surface area contributed by atoms with Crippen LogP contribution >= 0.6 is 0 Å². The van der Waals surface area contributed by atoms with E-state index in [1.165, 1.54) is 6.42 Å². The van der Waals surface area contributed by atoms with E-state index in [9.17, 15) is 4.79 Å². The normalized spacial score (nSPS) is 38.1. The van der Waals surface area contributed by atoms with Crippen LogP contribution in [-0.4, -0.2) is 23.2 Å². The number of rotatable bonds is 3. The molecule has 0 radical (unpaired) electrons. The van der Waals surface area contributed by atoms with Crippen molar-refractivity contribution >= 4 is 5.97 Å². The highest BCUT2D eigenvalue weighted by atomic mass is 16.4. The summed E-state index contributed by atoms with van der Waals surface area (Å²) in [5.41, 5.74) is 0. The molecule has 72 valence electrons. The lowest BCUT2D eigenvalue weighted by Gasteiger charge is -2.41. The van der Waals surface area contributed by atoms with Gasteiger partial charge in [0, 0.05) is 6.04 Å². The molecule has 0 aromatic rings. The van der Waals surface area contributed by atoms with Crippen molar-refractivity contribution in [2.45, 2.75) is 31.8 Å². The number of nitrogens with one attached hydrogen (secondary N) is 1. The maximum atomic E-state index is 10.6. The van der Waals surface area contributed by atoms with Gasteiger partial charge in [0.15, 0.2) is 0 Å². The predicted molar refractivity (Wildman–Crippen MR) is 49.4 cm³/mol. The fourth-order valence-electron chi connectivity index (χ4n) is 2.30. The average Bonchev–Trinajstić information content (AvgIpc) is 2.42. The molecular formula is C10H15NO2. The van der Waals surface area contributed by atoms with E-state index in [4.69, 9.17) is 5.11 Å². The molecule has 0 saturated heterocycles. The third kappa shape index (κ3) is 1.48. The highest BCUT2D eigenvalue weighted by Crippen LogP contribution is 2.42. The lowest BCUT2D eigenvalue weighted by atomic mass is 9.71. The van der Waals surface area contributed by atoms with Crippen LogP contribution < -0.4 is 5.32 Å². The topological polar surface area (TPSA) is 49.3 Å². The van der Waals surface area contributed by atoms with Gasteiger partial charge in [0.25, 0.3) is 0 Å². The van der Waals surface area contributed by atoms with Crippen LogP contribution in [0.15, 0.2) is 12.2 Å². The molecule has 0 heterocycles. The van der Waals surface area contributed by atoms with Crippen molar-refractivity contribution in [3.05, 3.63) is 12.2 Å². The lowest BCUT2D eigenvalue weighted by molar-refractivity contribution is -0.139. The molecule has 1 fully saturated rings. The standard InChI is InChI=1S/C10H15NO2/c1-6(10(12)13)11-9-5-7-3-2-4-8(7)9/h2,4,6-9,11H,3,5H2,1H3,(H,12,13)/t6-,7?,8?,9?/m1/s1. The van der Waals surface area contributed by atoms with E-state index in [0.717, 1.165) is 12.3 Å². The second-order valence-electron chi connectivity index (χ2n) is 4.07. The third-order valence-corrected chi connectivity index (χ3v) is 3.20. The number of fused-ring (bicyclic) bond motifs is 1. The van der Waals surface area contributed by atoms with E-state index in [-0.39, 0.29) is 0 Å². The number of aliphatic carboxylic acids is 1. The molecule has 2 rings (SSSR count). The van der Waals surface area contributed by atoms with Gasteiger partial charge in [-0.1, -0.05) is 12.2 Å². The van der Waals surface area contributed by atoms with Crippen molar-refractivity contribution in [2.24, 2.45) is 11.8 Å². The van der Waals surface area contributed by atoms with Gasteiger partial charge in [-0.3, -0.25) is 4.79 Å². The Bertz CT molecular complexity index is 249. The highest BCUT2D eigenvalue weighted by molar-refractivity contribution is 5.72. The molecule has 3 unspecified atom stereocenters. The quantitative estimate of drug-likeness (QED) is 0.639. The van der Waals surface area contributed by atoms with Crippen molar-refractivity contribution < 1.29 is 9.90 Å². The number of carboxylic acids is 1. The predicted octanol–water partition coefficient (Wildman–Crippen LogP) is 1.01. The SMILES string of the molecule is C[C@@H](NC1CC2CC=CC21)C(=O)O. The summed E-state index contributed by atoms with van der Waals surface area (Å²) >= 11 is 0. The fraction of sp³-hybridized carbons (Fsp3) is 0.700. The van der Waals surface area contributed by atoms with Crippen LogP contribution in [0.3, 0.4) is 0 Å². The first kappa shape index (κ1) is 8.75. The molecule has 0 aliphatic heterocycles. The van der Waals surface area contributed by atoms with Gasteiger partial charge in [0.1, 0.15) is 6.04 Å². The van der Waals surface area contributed by atoms with Gasteiger partial charge in [-0.05, 0) is 31.6 Å². The summed E-state index contributed by atoms with van der Waals surface area (Å²) in [6.45, 7) is 1.70. The van der Waals surface area contributed by atoms with E-state index < -0.39 is 12.0 Å². The van der Waals surface area contributed by atoms with Gasteiger partial charge in [-0.2, -0.15) is 0 Å². The van der Waals surface area contributed by atoms with Gasteiger partial charge in [0.05, 0.1) is 0 Å². The van der Waals surface area contributed by atoms with Crippen LogP contribution in [0.4, 0.5) is 0 Å². The molecule has 0 aromatic carbocycles. The summed E-state index contributed by atoms with van der Waals surface area (Å²) in [5, 5.41) is 11.8. The van der Waals surface area contributed by atoms with Crippen molar-refractivity contribution in [3.63, 3.8) is 0 Å². The highest BCUT2D eigenvalue weighted by Gasteiger charge is 2.41. The molecule has 2 N–H and O–H groups in total. The minimum atomic E-state index is -0.759. The Labute approximate surface area is 77.8 Å². The van der Waals surface area contributed by atoms with Gasteiger partial charge in [0.2, 0.25) is 0 Å². The summed E-state index contributed by atoms with van der Waals surface area (Å²) in [4.78, 5) is 10.6. The van der Waals surface area contributed by atoms with Gasteiger partial charge in [-0.15, -0.1) is 0 Å². The monoisotopic (exact) mass is 181 g/mol. The maximum absolute atomic E-state index is 10.6. The zero-order chi connectivity index (χ0) is 9.42. The Hall–Kier alpha value is -0.830. The average molecular weight is 181 g/mol. The van der Waals surface area contributed by atoms with Gasteiger partial charge in [-0.25, -0.2) is 0 Å². The summed E-state index contributed by atoms with van der Waals surface area (Å²) in [6.07, 6.45) is 6.75. The second-order valence-corrected chi connectivity index (χ2v) is 4.07. The molecule has 3 heteroatoms. The third-order valence-electron chi connectivity index (χ3n) is 3.20. The molecule has 3 nitrogen and oxygen atoms in total. The Balaban J connectivity index is 1.84.